The maximum Gasteiger partial charge on any atom is 0.328 e. The summed E-state index contributed by atoms with van der Waals surface area (Å²) in [4.78, 5) is 22.5. The van der Waals surface area contributed by atoms with Crippen molar-refractivity contribution in [2.24, 2.45) is 10.4 Å². The molecule has 2 fully saturated rings. The molecular formula is C27H35FN4O. The van der Waals surface area contributed by atoms with E-state index < -0.39 is 5.54 Å². The van der Waals surface area contributed by atoms with Crippen molar-refractivity contribution < 1.29 is 9.18 Å². The van der Waals surface area contributed by atoms with Crippen LogP contribution >= 0.6 is 0 Å². The number of carbonyl (C=O) groups is 1. The number of amidine groups is 1. The van der Waals surface area contributed by atoms with Crippen molar-refractivity contribution in [3.8, 4) is 0 Å². The van der Waals surface area contributed by atoms with Gasteiger partial charge in [-0.05, 0) is 55.9 Å². The van der Waals surface area contributed by atoms with Crippen molar-refractivity contribution in [3.05, 3.63) is 66.0 Å². The molecule has 0 aliphatic carbocycles. The average molecular weight is 451 g/mol. The lowest BCUT2D eigenvalue weighted by Crippen LogP contribution is -2.59. The lowest BCUT2D eigenvalue weighted by atomic mass is 9.80. The predicted molar refractivity (Wildman–Crippen MR) is 132 cm³/mol. The molecule has 1 N–H and O–H groups in total. The Kier molecular flexibility index (Phi) is 6.32. The van der Waals surface area contributed by atoms with Crippen molar-refractivity contribution in [2.45, 2.75) is 71.6 Å². The summed E-state index contributed by atoms with van der Waals surface area (Å²) in [6, 6.07) is 16.8. The third-order valence-corrected chi connectivity index (χ3v) is 7.24. The number of piperidine rings is 1. The van der Waals surface area contributed by atoms with E-state index in [1.165, 1.54) is 17.7 Å². The number of carbonyl (C=O) groups excluding carboxylic acids is 1. The van der Waals surface area contributed by atoms with Crippen LogP contribution in [-0.4, -0.2) is 40.9 Å². The van der Waals surface area contributed by atoms with Gasteiger partial charge in [0.05, 0.1) is 6.04 Å². The lowest BCUT2D eigenvalue weighted by molar-refractivity contribution is 0.123. The zero-order valence-corrected chi connectivity index (χ0v) is 20.3. The molecule has 33 heavy (non-hydrogen) atoms. The van der Waals surface area contributed by atoms with Crippen LogP contribution in [-0.2, 0) is 6.54 Å². The van der Waals surface area contributed by atoms with Gasteiger partial charge in [0.15, 0.2) is 0 Å². The Hall–Kier alpha value is -2.73. The minimum atomic E-state index is -0.614. The number of nitrogens with one attached hydrogen (secondary N) is 1. The van der Waals surface area contributed by atoms with Gasteiger partial charge in [-0.1, -0.05) is 57.2 Å². The highest BCUT2D eigenvalue weighted by atomic mass is 19.1. The van der Waals surface area contributed by atoms with Crippen molar-refractivity contribution in [1.29, 1.82) is 0 Å². The third kappa shape index (κ3) is 4.67. The molecule has 0 unspecified atom stereocenters. The summed E-state index contributed by atoms with van der Waals surface area (Å²) in [5, 5.41) is 3.07. The SMILES string of the molecule is C[C@@H]1C[C@@]2(CCN1Cc1ccccc1)C(=N[C@@H](C)C(C)(C)C)NC(=O)N2c1cccc(F)c1. The fraction of sp³-hybridized carbons (Fsp3) is 0.481. The second-order valence-corrected chi connectivity index (χ2v) is 10.6. The number of hydrogen-bond donors (Lipinski definition) is 1. The van der Waals surface area contributed by atoms with Crippen molar-refractivity contribution in [2.75, 3.05) is 11.4 Å². The van der Waals surface area contributed by atoms with Crippen LogP contribution in [0.2, 0.25) is 0 Å². The first-order chi connectivity index (χ1) is 15.6. The highest BCUT2D eigenvalue weighted by molar-refractivity contribution is 6.19. The van der Waals surface area contributed by atoms with Gasteiger partial charge in [0.25, 0.3) is 0 Å². The number of rotatable bonds is 4. The van der Waals surface area contributed by atoms with Gasteiger partial charge < -0.3 is 0 Å². The van der Waals surface area contributed by atoms with E-state index in [-0.39, 0.29) is 29.3 Å². The minimum absolute atomic E-state index is 0.0230. The molecule has 3 atom stereocenters. The van der Waals surface area contributed by atoms with E-state index in [1.807, 2.05) is 12.1 Å². The molecule has 1 spiro atoms. The predicted octanol–water partition coefficient (Wildman–Crippen LogP) is 5.61. The number of aliphatic imine (C=N–C) groups is 1. The Morgan fingerprint density at radius 2 is 1.91 bits per heavy atom. The molecule has 2 aliphatic rings. The van der Waals surface area contributed by atoms with Gasteiger partial charge in [0.1, 0.15) is 17.2 Å². The smallest absolute Gasteiger partial charge is 0.296 e. The first-order valence-electron chi connectivity index (χ1n) is 11.8. The van der Waals surface area contributed by atoms with E-state index in [2.05, 4.69) is 69.1 Å². The largest absolute Gasteiger partial charge is 0.328 e. The van der Waals surface area contributed by atoms with Crippen LogP contribution in [0.3, 0.4) is 0 Å². The molecule has 4 rings (SSSR count). The van der Waals surface area contributed by atoms with Crippen molar-refractivity contribution >= 4 is 17.6 Å². The van der Waals surface area contributed by atoms with Crippen LogP contribution in [0.25, 0.3) is 0 Å². The molecule has 2 amide bonds. The standard InChI is InChI=1S/C27H35FN4O/c1-19-17-27(14-15-31(19)18-21-10-7-6-8-11-21)24(29-20(2)26(3,4)5)30-25(33)32(27)23-13-9-12-22(28)16-23/h6-13,16,19-20H,14-15,17-18H2,1-5H3,(H,29,30,33)/t19-,20+,27+/m1/s1. The molecule has 0 bridgehead atoms. The fourth-order valence-corrected chi connectivity index (χ4v) is 4.83. The zero-order chi connectivity index (χ0) is 23.8. The highest BCUT2D eigenvalue weighted by Gasteiger charge is 2.54. The first-order valence-corrected chi connectivity index (χ1v) is 11.8. The number of nitrogens with zero attached hydrogens (tertiary/aromatic N) is 3. The number of anilines is 1. The molecule has 2 aromatic carbocycles. The summed E-state index contributed by atoms with van der Waals surface area (Å²) in [7, 11) is 0. The summed E-state index contributed by atoms with van der Waals surface area (Å²) < 4.78 is 14.2. The fourth-order valence-electron chi connectivity index (χ4n) is 4.83. The normalized spacial score (nSPS) is 26.1. The monoisotopic (exact) mass is 450 g/mol. The Balaban J connectivity index is 1.71. The van der Waals surface area contributed by atoms with E-state index in [0.717, 1.165) is 25.9 Å². The second kappa shape index (κ2) is 8.90. The Morgan fingerprint density at radius 1 is 1.18 bits per heavy atom. The van der Waals surface area contributed by atoms with Crippen LogP contribution in [0.15, 0.2) is 59.6 Å². The Bertz CT molecular complexity index is 1030. The molecule has 0 saturated carbocycles. The lowest BCUT2D eigenvalue weighted by Gasteiger charge is -2.47. The number of amides is 2. The Morgan fingerprint density at radius 3 is 2.55 bits per heavy atom. The van der Waals surface area contributed by atoms with Crippen LogP contribution in [0, 0.1) is 11.2 Å². The van der Waals surface area contributed by atoms with Gasteiger partial charge in [-0.3, -0.25) is 20.1 Å². The van der Waals surface area contributed by atoms with E-state index in [4.69, 9.17) is 4.99 Å². The van der Waals surface area contributed by atoms with Gasteiger partial charge in [-0.15, -0.1) is 0 Å². The maximum absolute atomic E-state index is 14.2. The molecule has 176 valence electrons. The molecule has 6 heteroatoms. The number of urea groups is 1. The molecule has 2 aromatic rings. The quantitative estimate of drug-likeness (QED) is 0.658. The summed E-state index contributed by atoms with van der Waals surface area (Å²) in [5.74, 6) is 0.365. The summed E-state index contributed by atoms with van der Waals surface area (Å²) in [5.41, 5.74) is 1.20. The van der Waals surface area contributed by atoms with E-state index in [0.29, 0.717) is 11.5 Å². The van der Waals surface area contributed by atoms with Gasteiger partial charge >= 0.3 is 6.03 Å². The van der Waals surface area contributed by atoms with E-state index >= 15 is 0 Å². The van der Waals surface area contributed by atoms with E-state index in [9.17, 15) is 9.18 Å². The van der Waals surface area contributed by atoms with Crippen LogP contribution in [0.5, 0.6) is 0 Å². The molecule has 0 aromatic heterocycles. The summed E-state index contributed by atoms with van der Waals surface area (Å²) in [6.45, 7) is 12.4. The molecule has 2 saturated heterocycles. The zero-order valence-electron chi connectivity index (χ0n) is 20.3. The molecule has 0 radical (unpaired) electrons. The molecule has 2 heterocycles. The maximum atomic E-state index is 14.2. The van der Waals surface area contributed by atoms with E-state index in [1.54, 1.807) is 11.0 Å². The summed E-state index contributed by atoms with van der Waals surface area (Å²) in [6.07, 6.45) is 1.46. The molecular weight excluding hydrogens is 415 g/mol. The molecule has 5 nitrogen and oxygen atoms in total. The van der Waals surface area contributed by atoms with Gasteiger partial charge in [0.2, 0.25) is 0 Å². The topological polar surface area (TPSA) is 47.9 Å². The minimum Gasteiger partial charge on any atom is -0.296 e. The Labute approximate surface area is 196 Å². The first kappa shape index (κ1) is 23.4. The van der Waals surface area contributed by atoms with Gasteiger partial charge in [-0.2, -0.15) is 0 Å². The van der Waals surface area contributed by atoms with Crippen LogP contribution < -0.4 is 10.2 Å². The second-order valence-electron chi connectivity index (χ2n) is 10.6. The average Bonchev–Trinajstić information content (AvgIpc) is 3.00. The van der Waals surface area contributed by atoms with Crippen LogP contribution in [0.1, 0.15) is 53.0 Å². The van der Waals surface area contributed by atoms with Crippen molar-refractivity contribution in [3.63, 3.8) is 0 Å². The van der Waals surface area contributed by atoms with Crippen molar-refractivity contribution in [1.82, 2.24) is 10.2 Å². The number of benzene rings is 2. The number of likely N-dealkylation sites (tertiary alicyclic amines) is 1. The summed E-state index contributed by atoms with van der Waals surface area (Å²) >= 11 is 0. The number of halogens is 1. The number of hydrogen-bond acceptors (Lipinski definition) is 3. The third-order valence-electron chi connectivity index (χ3n) is 7.24. The van der Waals surface area contributed by atoms with Crippen LogP contribution in [0.4, 0.5) is 14.9 Å². The van der Waals surface area contributed by atoms with Gasteiger partial charge in [-0.25, -0.2) is 9.18 Å². The van der Waals surface area contributed by atoms with Gasteiger partial charge in [0, 0.05) is 24.8 Å². The highest BCUT2D eigenvalue weighted by Crippen LogP contribution is 2.41. The molecule has 2 aliphatic heterocycles.